The summed E-state index contributed by atoms with van der Waals surface area (Å²) in [5.41, 5.74) is 0.915. The summed E-state index contributed by atoms with van der Waals surface area (Å²) in [6.07, 6.45) is 0.343. The number of rotatable bonds is 8. The van der Waals surface area contributed by atoms with Gasteiger partial charge in [-0.15, -0.1) is 11.3 Å². The number of fused-ring (bicyclic) bond motifs is 1. The first kappa shape index (κ1) is 20.7. The topological polar surface area (TPSA) is 36.4 Å². The molecule has 0 unspecified atom stereocenters. The van der Waals surface area contributed by atoms with Crippen LogP contribution in [0.4, 0.5) is 5.13 Å². The summed E-state index contributed by atoms with van der Waals surface area (Å²) in [7, 11) is 0. The Hall–Kier alpha value is -0.990. The van der Waals surface area contributed by atoms with Gasteiger partial charge in [-0.3, -0.25) is 9.69 Å². The molecule has 0 aliphatic heterocycles. The molecule has 0 aliphatic rings. The number of thiophene rings is 1. The summed E-state index contributed by atoms with van der Waals surface area (Å²) in [4.78, 5) is 22.9. The summed E-state index contributed by atoms with van der Waals surface area (Å²) in [6.45, 7) is 7.65. The molecule has 1 aromatic carbocycles. The number of carbonyl (C=O) groups excluding carboxylic acids is 1. The van der Waals surface area contributed by atoms with E-state index in [9.17, 15) is 4.79 Å². The summed E-state index contributed by atoms with van der Waals surface area (Å²) in [6, 6.07) is 9.75. The van der Waals surface area contributed by atoms with Gasteiger partial charge in [-0.05, 0) is 43.4 Å². The van der Waals surface area contributed by atoms with Gasteiger partial charge in [0.15, 0.2) is 5.13 Å². The molecule has 4 nitrogen and oxygen atoms in total. The highest BCUT2D eigenvalue weighted by atomic mass is 79.9. The predicted octanol–water partition coefficient (Wildman–Crippen LogP) is 5.69. The van der Waals surface area contributed by atoms with E-state index < -0.39 is 0 Å². The number of nitrogens with zero attached hydrogens (tertiary/aromatic N) is 3. The molecule has 0 saturated carbocycles. The molecule has 0 spiro atoms. The number of hydrogen-bond donors (Lipinski definition) is 0. The maximum atomic E-state index is 13.1. The predicted molar refractivity (Wildman–Crippen MR) is 120 cm³/mol. The van der Waals surface area contributed by atoms with Gasteiger partial charge in [-0.1, -0.05) is 52.7 Å². The highest BCUT2D eigenvalue weighted by Gasteiger charge is 2.21. The average Bonchev–Trinajstić information content (AvgIpc) is 3.24. The van der Waals surface area contributed by atoms with Gasteiger partial charge in [0.05, 0.1) is 21.0 Å². The van der Waals surface area contributed by atoms with Gasteiger partial charge in [-0.2, -0.15) is 0 Å². The van der Waals surface area contributed by atoms with E-state index in [0.29, 0.717) is 17.3 Å². The zero-order valence-corrected chi connectivity index (χ0v) is 19.2. The summed E-state index contributed by atoms with van der Waals surface area (Å²) in [5.74, 6) is 0.0544. The average molecular weight is 487 g/mol. The maximum Gasteiger partial charge on any atom is 0.234 e. The summed E-state index contributed by atoms with van der Waals surface area (Å²) < 4.78 is 2.79. The van der Waals surface area contributed by atoms with Crippen molar-refractivity contribution >= 4 is 71.5 Å². The third kappa shape index (κ3) is 5.29. The van der Waals surface area contributed by atoms with Gasteiger partial charge in [0, 0.05) is 22.4 Å². The fraction of sp³-hybridized carbons (Fsp3) is 0.368. The molecule has 0 radical (unpaired) electrons. The Balaban J connectivity index is 1.86. The van der Waals surface area contributed by atoms with E-state index in [2.05, 4.69) is 34.7 Å². The number of benzene rings is 1. The van der Waals surface area contributed by atoms with E-state index in [0.717, 1.165) is 44.3 Å². The van der Waals surface area contributed by atoms with Gasteiger partial charge >= 0.3 is 0 Å². The van der Waals surface area contributed by atoms with Crippen molar-refractivity contribution in [3.63, 3.8) is 0 Å². The van der Waals surface area contributed by atoms with Crippen molar-refractivity contribution < 1.29 is 4.79 Å². The largest absolute Gasteiger partial charge is 0.302 e. The normalized spacial score (nSPS) is 11.4. The fourth-order valence-corrected chi connectivity index (χ4v) is 5.44. The molecular weight excluding hydrogens is 466 g/mol. The van der Waals surface area contributed by atoms with E-state index in [4.69, 9.17) is 16.6 Å². The molecule has 1 amide bonds. The standard InChI is InChI=1S/C19H21BrClN3OS2/c1-3-23(4-2)9-10-24(18(25)12-14-6-8-17(21)26-14)19-22-15-7-5-13(20)11-16(15)27-19/h5-8,11H,3-4,9-10,12H2,1-2H3. The molecule has 8 heteroatoms. The number of hydrogen-bond acceptors (Lipinski definition) is 5. The minimum atomic E-state index is 0.0544. The van der Waals surface area contributed by atoms with Crippen LogP contribution in [0.5, 0.6) is 0 Å². The lowest BCUT2D eigenvalue weighted by molar-refractivity contribution is -0.118. The number of thiazole rings is 1. The number of carbonyl (C=O) groups is 1. The maximum absolute atomic E-state index is 13.1. The molecule has 0 aliphatic carbocycles. The van der Waals surface area contributed by atoms with Crippen LogP contribution in [-0.4, -0.2) is 42.0 Å². The highest BCUT2D eigenvalue weighted by molar-refractivity contribution is 9.10. The monoisotopic (exact) mass is 485 g/mol. The lowest BCUT2D eigenvalue weighted by Gasteiger charge is -2.24. The molecule has 3 aromatic rings. The van der Waals surface area contributed by atoms with E-state index in [1.807, 2.05) is 35.2 Å². The van der Waals surface area contributed by atoms with Crippen molar-refractivity contribution in [2.45, 2.75) is 20.3 Å². The van der Waals surface area contributed by atoms with E-state index in [1.165, 1.54) is 11.3 Å². The zero-order valence-electron chi connectivity index (χ0n) is 15.2. The van der Waals surface area contributed by atoms with Crippen LogP contribution in [-0.2, 0) is 11.2 Å². The third-order valence-corrected chi connectivity index (χ3v) is 7.13. The highest BCUT2D eigenvalue weighted by Crippen LogP contribution is 2.31. The molecule has 144 valence electrons. The third-order valence-electron chi connectivity index (χ3n) is 4.36. The Morgan fingerprint density at radius 1 is 1.15 bits per heavy atom. The van der Waals surface area contributed by atoms with Crippen molar-refractivity contribution in [1.29, 1.82) is 0 Å². The molecule has 2 heterocycles. The first-order chi connectivity index (χ1) is 13.0. The quantitative estimate of drug-likeness (QED) is 0.410. The number of halogens is 2. The smallest absolute Gasteiger partial charge is 0.234 e. The Kier molecular flexibility index (Phi) is 7.28. The fourth-order valence-electron chi connectivity index (χ4n) is 2.80. The molecule has 0 N–H and O–H groups in total. The second-order valence-corrected chi connectivity index (χ2v) is 9.79. The van der Waals surface area contributed by atoms with Gasteiger partial charge < -0.3 is 4.90 Å². The van der Waals surface area contributed by atoms with Crippen LogP contribution in [0.25, 0.3) is 10.2 Å². The number of aromatic nitrogens is 1. The van der Waals surface area contributed by atoms with E-state index >= 15 is 0 Å². The Morgan fingerprint density at radius 3 is 2.59 bits per heavy atom. The van der Waals surface area contributed by atoms with Crippen molar-refractivity contribution in [2.24, 2.45) is 0 Å². The van der Waals surface area contributed by atoms with E-state index in [1.54, 1.807) is 11.3 Å². The molecule has 27 heavy (non-hydrogen) atoms. The number of anilines is 1. The van der Waals surface area contributed by atoms with Crippen LogP contribution in [0, 0.1) is 0 Å². The SMILES string of the molecule is CCN(CC)CCN(C(=O)Cc1ccc(Cl)s1)c1nc2ccc(Br)cc2s1. The lowest BCUT2D eigenvalue weighted by atomic mass is 10.3. The van der Waals surface area contributed by atoms with Crippen molar-refractivity contribution in [3.8, 4) is 0 Å². The first-order valence-electron chi connectivity index (χ1n) is 8.83. The van der Waals surface area contributed by atoms with Gasteiger partial charge in [0.25, 0.3) is 0 Å². The second-order valence-electron chi connectivity index (χ2n) is 6.06. The summed E-state index contributed by atoms with van der Waals surface area (Å²) in [5, 5.41) is 0.753. The Labute approximate surface area is 180 Å². The van der Waals surface area contributed by atoms with Gasteiger partial charge in [0.1, 0.15) is 0 Å². The van der Waals surface area contributed by atoms with Crippen molar-refractivity contribution in [2.75, 3.05) is 31.1 Å². The molecule has 0 bridgehead atoms. The number of likely N-dealkylation sites (N-methyl/N-ethyl adjacent to an activating group) is 1. The molecule has 0 fully saturated rings. The van der Waals surface area contributed by atoms with Crippen LogP contribution in [0.3, 0.4) is 0 Å². The van der Waals surface area contributed by atoms with E-state index in [-0.39, 0.29) is 5.91 Å². The minimum absolute atomic E-state index is 0.0544. The zero-order chi connectivity index (χ0) is 19.4. The summed E-state index contributed by atoms with van der Waals surface area (Å²) >= 11 is 12.5. The molecule has 3 rings (SSSR count). The van der Waals surface area contributed by atoms with Crippen LogP contribution in [0.15, 0.2) is 34.8 Å². The van der Waals surface area contributed by atoms with Gasteiger partial charge in [-0.25, -0.2) is 4.98 Å². The van der Waals surface area contributed by atoms with Crippen LogP contribution < -0.4 is 4.90 Å². The van der Waals surface area contributed by atoms with Crippen LogP contribution in [0.2, 0.25) is 4.34 Å². The minimum Gasteiger partial charge on any atom is -0.302 e. The molecule has 2 aromatic heterocycles. The van der Waals surface area contributed by atoms with Crippen LogP contribution >= 0.6 is 50.2 Å². The van der Waals surface area contributed by atoms with Crippen molar-refractivity contribution in [1.82, 2.24) is 9.88 Å². The molecule has 0 atom stereocenters. The van der Waals surface area contributed by atoms with Crippen LogP contribution in [0.1, 0.15) is 18.7 Å². The Bertz CT molecular complexity index is 923. The van der Waals surface area contributed by atoms with Crippen molar-refractivity contribution in [3.05, 3.63) is 44.0 Å². The molecule has 0 saturated heterocycles. The molecular formula is C19H21BrClN3OS2. The van der Waals surface area contributed by atoms with Gasteiger partial charge in [0.2, 0.25) is 5.91 Å². The second kappa shape index (κ2) is 9.47. The number of amides is 1. The first-order valence-corrected chi connectivity index (χ1v) is 11.6. The lowest BCUT2D eigenvalue weighted by Crippen LogP contribution is -2.39. The Morgan fingerprint density at radius 2 is 1.93 bits per heavy atom.